The van der Waals surface area contributed by atoms with E-state index >= 15 is 0 Å². The molecular formula is C15H18N4O. The van der Waals surface area contributed by atoms with Gasteiger partial charge in [-0.15, -0.1) is 0 Å². The average molecular weight is 270 g/mol. The summed E-state index contributed by atoms with van der Waals surface area (Å²) >= 11 is 0. The van der Waals surface area contributed by atoms with E-state index in [0.29, 0.717) is 11.3 Å². The number of nitrogen functional groups attached to an aromatic ring is 1. The Labute approximate surface area is 118 Å². The molecule has 0 saturated heterocycles. The van der Waals surface area contributed by atoms with E-state index < -0.39 is 0 Å². The van der Waals surface area contributed by atoms with Crippen LogP contribution in [0.3, 0.4) is 0 Å². The standard InChI is InChI=1S/C15H18N4O/c1-2-5-11-6-3-4-7-13(11)18-15(20)12-8-9-17-10-14(12)19-16/h3-4,6-10,19H,2,5,16H2,1H3,(H,18,20). The van der Waals surface area contributed by atoms with Crippen LogP contribution in [0.4, 0.5) is 11.4 Å². The van der Waals surface area contributed by atoms with Crippen LogP contribution in [0, 0.1) is 0 Å². The molecule has 2 aromatic rings. The first kappa shape index (κ1) is 14.0. The minimum Gasteiger partial charge on any atom is -0.322 e. The molecule has 2 rings (SSSR count). The van der Waals surface area contributed by atoms with Gasteiger partial charge in [-0.05, 0) is 24.1 Å². The maximum atomic E-state index is 12.3. The second kappa shape index (κ2) is 6.68. The molecule has 0 atom stereocenters. The molecule has 0 aliphatic carbocycles. The Balaban J connectivity index is 2.24. The van der Waals surface area contributed by atoms with Crippen LogP contribution in [0.1, 0.15) is 29.3 Å². The van der Waals surface area contributed by atoms with Crippen LogP contribution in [-0.2, 0) is 6.42 Å². The lowest BCUT2D eigenvalue weighted by atomic mass is 10.1. The molecular weight excluding hydrogens is 252 g/mol. The lowest BCUT2D eigenvalue weighted by Gasteiger charge is -2.12. The number of benzene rings is 1. The van der Waals surface area contributed by atoms with E-state index in [1.165, 1.54) is 6.20 Å². The number of hydrogen-bond donors (Lipinski definition) is 3. The van der Waals surface area contributed by atoms with Crippen molar-refractivity contribution >= 4 is 17.3 Å². The van der Waals surface area contributed by atoms with Crippen molar-refractivity contribution in [2.24, 2.45) is 5.84 Å². The Kier molecular flexibility index (Phi) is 4.68. The molecule has 20 heavy (non-hydrogen) atoms. The molecule has 4 N–H and O–H groups in total. The number of pyridine rings is 1. The number of carbonyl (C=O) groups excluding carboxylic acids is 1. The van der Waals surface area contributed by atoms with Crippen molar-refractivity contribution in [1.82, 2.24) is 4.98 Å². The molecule has 0 radical (unpaired) electrons. The second-order valence-electron chi connectivity index (χ2n) is 4.43. The van der Waals surface area contributed by atoms with Crippen LogP contribution >= 0.6 is 0 Å². The van der Waals surface area contributed by atoms with E-state index in [0.717, 1.165) is 24.1 Å². The summed E-state index contributed by atoms with van der Waals surface area (Å²) in [6.07, 6.45) is 5.03. The second-order valence-corrected chi connectivity index (χ2v) is 4.43. The third-order valence-corrected chi connectivity index (χ3v) is 3.01. The number of nitrogens with zero attached hydrogens (tertiary/aromatic N) is 1. The molecule has 0 aliphatic rings. The highest BCUT2D eigenvalue weighted by Gasteiger charge is 2.12. The third kappa shape index (κ3) is 3.13. The van der Waals surface area contributed by atoms with Crippen LogP contribution in [0.25, 0.3) is 0 Å². The zero-order valence-corrected chi connectivity index (χ0v) is 11.4. The predicted molar refractivity (Wildman–Crippen MR) is 80.4 cm³/mol. The van der Waals surface area contributed by atoms with Crippen molar-refractivity contribution in [1.29, 1.82) is 0 Å². The molecule has 0 saturated carbocycles. The normalized spacial score (nSPS) is 10.1. The number of hydrogen-bond acceptors (Lipinski definition) is 4. The van der Waals surface area contributed by atoms with Gasteiger partial charge < -0.3 is 10.7 Å². The smallest absolute Gasteiger partial charge is 0.257 e. The van der Waals surface area contributed by atoms with Crippen LogP contribution in [0.15, 0.2) is 42.7 Å². The fraction of sp³-hybridized carbons (Fsp3) is 0.200. The van der Waals surface area contributed by atoms with Gasteiger partial charge in [-0.1, -0.05) is 31.5 Å². The number of aromatic nitrogens is 1. The van der Waals surface area contributed by atoms with Gasteiger partial charge in [-0.3, -0.25) is 15.6 Å². The topological polar surface area (TPSA) is 80.0 Å². The van der Waals surface area contributed by atoms with Gasteiger partial charge in [0.1, 0.15) is 0 Å². The van der Waals surface area contributed by atoms with E-state index in [2.05, 4.69) is 22.7 Å². The number of aryl methyl sites for hydroxylation is 1. The summed E-state index contributed by atoms with van der Waals surface area (Å²) in [5.41, 5.74) is 5.40. The number of hydrazine groups is 1. The molecule has 5 heteroatoms. The Morgan fingerprint density at radius 2 is 2.05 bits per heavy atom. The van der Waals surface area contributed by atoms with Crippen molar-refractivity contribution in [3.63, 3.8) is 0 Å². The van der Waals surface area contributed by atoms with E-state index in [4.69, 9.17) is 5.84 Å². The maximum Gasteiger partial charge on any atom is 0.257 e. The van der Waals surface area contributed by atoms with Gasteiger partial charge in [0.25, 0.3) is 5.91 Å². The summed E-state index contributed by atoms with van der Waals surface area (Å²) in [6, 6.07) is 9.43. The Hall–Kier alpha value is -2.40. The molecule has 0 spiro atoms. The minimum atomic E-state index is -0.205. The molecule has 104 valence electrons. The number of para-hydroxylation sites is 1. The summed E-state index contributed by atoms with van der Waals surface area (Å²) in [7, 11) is 0. The van der Waals surface area contributed by atoms with Gasteiger partial charge in [-0.2, -0.15) is 0 Å². The SMILES string of the molecule is CCCc1ccccc1NC(=O)c1ccncc1NN. The Bertz CT molecular complexity index is 598. The zero-order valence-electron chi connectivity index (χ0n) is 11.4. The quantitative estimate of drug-likeness (QED) is 0.576. The predicted octanol–water partition coefficient (Wildman–Crippen LogP) is 2.57. The summed E-state index contributed by atoms with van der Waals surface area (Å²) in [6.45, 7) is 2.11. The molecule has 1 heterocycles. The first-order valence-electron chi connectivity index (χ1n) is 6.56. The summed E-state index contributed by atoms with van der Waals surface area (Å²) in [4.78, 5) is 16.2. The van der Waals surface area contributed by atoms with E-state index in [1.54, 1.807) is 12.3 Å². The molecule has 0 aliphatic heterocycles. The van der Waals surface area contributed by atoms with Crippen LogP contribution < -0.4 is 16.6 Å². The molecule has 1 amide bonds. The number of nitrogens with one attached hydrogen (secondary N) is 2. The highest BCUT2D eigenvalue weighted by molar-refractivity contribution is 6.08. The van der Waals surface area contributed by atoms with E-state index in [1.807, 2.05) is 24.3 Å². The lowest BCUT2D eigenvalue weighted by molar-refractivity contribution is 0.102. The van der Waals surface area contributed by atoms with Gasteiger partial charge in [0.15, 0.2) is 0 Å². The first-order chi connectivity index (χ1) is 9.76. The van der Waals surface area contributed by atoms with Crippen molar-refractivity contribution < 1.29 is 4.79 Å². The van der Waals surface area contributed by atoms with Crippen molar-refractivity contribution in [3.05, 3.63) is 53.9 Å². The minimum absolute atomic E-state index is 0.205. The molecule has 0 fully saturated rings. The average Bonchev–Trinajstić information content (AvgIpc) is 2.49. The van der Waals surface area contributed by atoms with Gasteiger partial charge in [0.2, 0.25) is 0 Å². The zero-order chi connectivity index (χ0) is 14.4. The monoisotopic (exact) mass is 270 g/mol. The maximum absolute atomic E-state index is 12.3. The molecule has 0 bridgehead atoms. The van der Waals surface area contributed by atoms with Crippen molar-refractivity contribution in [2.75, 3.05) is 10.7 Å². The molecule has 0 unspecified atom stereocenters. The van der Waals surface area contributed by atoms with Crippen LogP contribution in [0.5, 0.6) is 0 Å². The van der Waals surface area contributed by atoms with Crippen LogP contribution in [0.2, 0.25) is 0 Å². The third-order valence-electron chi connectivity index (χ3n) is 3.01. The largest absolute Gasteiger partial charge is 0.322 e. The number of anilines is 2. The number of rotatable bonds is 5. The summed E-state index contributed by atoms with van der Waals surface area (Å²) in [5.74, 6) is 5.18. The van der Waals surface area contributed by atoms with Gasteiger partial charge in [-0.25, -0.2) is 0 Å². The molecule has 5 nitrogen and oxygen atoms in total. The number of carbonyl (C=O) groups is 1. The van der Waals surface area contributed by atoms with Gasteiger partial charge in [0.05, 0.1) is 17.4 Å². The van der Waals surface area contributed by atoms with Crippen LogP contribution in [-0.4, -0.2) is 10.9 Å². The van der Waals surface area contributed by atoms with Crippen molar-refractivity contribution in [2.45, 2.75) is 19.8 Å². The fourth-order valence-electron chi connectivity index (χ4n) is 2.03. The number of amides is 1. The van der Waals surface area contributed by atoms with Gasteiger partial charge in [0, 0.05) is 11.9 Å². The highest BCUT2D eigenvalue weighted by Crippen LogP contribution is 2.19. The lowest BCUT2D eigenvalue weighted by Crippen LogP contribution is -2.18. The highest BCUT2D eigenvalue weighted by atomic mass is 16.1. The summed E-state index contributed by atoms with van der Waals surface area (Å²) in [5, 5.41) is 2.92. The van der Waals surface area contributed by atoms with E-state index in [-0.39, 0.29) is 5.91 Å². The molecule has 1 aromatic carbocycles. The number of nitrogens with two attached hydrogens (primary N) is 1. The first-order valence-corrected chi connectivity index (χ1v) is 6.56. The fourth-order valence-corrected chi connectivity index (χ4v) is 2.03. The Morgan fingerprint density at radius 3 is 2.80 bits per heavy atom. The van der Waals surface area contributed by atoms with Gasteiger partial charge >= 0.3 is 0 Å². The Morgan fingerprint density at radius 1 is 1.25 bits per heavy atom. The summed E-state index contributed by atoms with van der Waals surface area (Å²) < 4.78 is 0. The molecule has 1 aromatic heterocycles. The van der Waals surface area contributed by atoms with Crippen molar-refractivity contribution in [3.8, 4) is 0 Å². The van der Waals surface area contributed by atoms with E-state index in [9.17, 15) is 4.79 Å².